The Morgan fingerprint density at radius 2 is 2.11 bits per heavy atom. The van der Waals surface area contributed by atoms with Gasteiger partial charge in [-0.1, -0.05) is 18.2 Å². The van der Waals surface area contributed by atoms with E-state index in [1.165, 1.54) is 19.8 Å². The fourth-order valence-electron chi connectivity index (χ4n) is 2.04. The number of hydrogen-bond acceptors (Lipinski definition) is 4. The first-order valence-electron chi connectivity index (χ1n) is 6.35. The van der Waals surface area contributed by atoms with E-state index in [0.29, 0.717) is 6.04 Å². The SMILES string of the molecule is Cc1cnc(CNC(C)c2cc3ccccc3s2)s1. The van der Waals surface area contributed by atoms with Crippen molar-refractivity contribution < 1.29 is 0 Å². The van der Waals surface area contributed by atoms with Gasteiger partial charge in [-0.2, -0.15) is 0 Å². The Morgan fingerprint density at radius 3 is 2.84 bits per heavy atom. The third kappa shape index (κ3) is 2.86. The summed E-state index contributed by atoms with van der Waals surface area (Å²) in [6.07, 6.45) is 1.94. The Balaban J connectivity index is 1.71. The van der Waals surface area contributed by atoms with Gasteiger partial charge >= 0.3 is 0 Å². The molecule has 19 heavy (non-hydrogen) atoms. The Kier molecular flexibility index (Phi) is 3.64. The van der Waals surface area contributed by atoms with E-state index in [0.717, 1.165) is 11.6 Å². The number of aromatic nitrogens is 1. The minimum Gasteiger partial charge on any atom is -0.303 e. The molecule has 3 aromatic rings. The van der Waals surface area contributed by atoms with Crippen LogP contribution in [0.5, 0.6) is 0 Å². The van der Waals surface area contributed by atoms with E-state index in [1.807, 2.05) is 17.5 Å². The molecule has 98 valence electrons. The summed E-state index contributed by atoms with van der Waals surface area (Å²) in [5.74, 6) is 0. The monoisotopic (exact) mass is 288 g/mol. The summed E-state index contributed by atoms with van der Waals surface area (Å²) in [7, 11) is 0. The Bertz CT molecular complexity index is 651. The number of fused-ring (bicyclic) bond motifs is 1. The molecule has 0 amide bonds. The lowest BCUT2D eigenvalue weighted by atomic mass is 10.2. The number of thiazole rings is 1. The molecular weight excluding hydrogens is 272 g/mol. The van der Waals surface area contributed by atoms with Gasteiger partial charge in [-0.25, -0.2) is 4.98 Å². The topological polar surface area (TPSA) is 24.9 Å². The minimum atomic E-state index is 0.363. The lowest BCUT2D eigenvalue weighted by Gasteiger charge is -2.10. The van der Waals surface area contributed by atoms with Gasteiger partial charge in [-0.15, -0.1) is 22.7 Å². The number of benzene rings is 1. The van der Waals surface area contributed by atoms with Crippen molar-refractivity contribution in [3.05, 3.63) is 51.3 Å². The van der Waals surface area contributed by atoms with Crippen LogP contribution in [-0.4, -0.2) is 4.98 Å². The molecule has 0 radical (unpaired) electrons. The van der Waals surface area contributed by atoms with E-state index in [2.05, 4.69) is 54.5 Å². The van der Waals surface area contributed by atoms with Crippen molar-refractivity contribution in [2.24, 2.45) is 0 Å². The summed E-state index contributed by atoms with van der Waals surface area (Å²) in [6.45, 7) is 5.15. The molecule has 4 heteroatoms. The van der Waals surface area contributed by atoms with Crippen molar-refractivity contribution in [2.75, 3.05) is 0 Å². The second kappa shape index (κ2) is 5.41. The van der Waals surface area contributed by atoms with E-state index in [9.17, 15) is 0 Å². The van der Waals surface area contributed by atoms with Crippen molar-refractivity contribution in [1.82, 2.24) is 10.3 Å². The molecular formula is C15H16N2S2. The molecule has 0 aliphatic carbocycles. The van der Waals surface area contributed by atoms with E-state index >= 15 is 0 Å². The second-order valence-corrected chi connectivity index (χ2v) is 7.09. The third-order valence-corrected chi connectivity index (χ3v) is 5.31. The summed E-state index contributed by atoms with van der Waals surface area (Å²) >= 11 is 3.63. The number of nitrogens with zero attached hydrogens (tertiary/aromatic N) is 1. The molecule has 1 aromatic carbocycles. The lowest BCUT2D eigenvalue weighted by molar-refractivity contribution is 0.581. The summed E-state index contributed by atoms with van der Waals surface area (Å²) < 4.78 is 1.36. The zero-order chi connectivity index (χ0) is 13.2. The Labute approximate surface area is 121 Å². The first-order chi connectivity index (χ1) is 9.22. The largest absolute Gasteiger partial charge is 0.303 e. The summed E-state index contributed by atoms with van der Waals surface area (Å²) in [4.78, 5) is 7.04. The average Bonchev–Trinajstić information content (AvgIpc) is 3.01. The van der Waals surface area contributed by atoms with Crippen molar-refractivity contribution >= 4 is 32.8 Å². The van der Waals surface area contributed by atoms with Crippen molar-refractivity contribution in [3.8, 4) is 0 Å². The van der Waals surface area contributed by atoms with E-state index < -0.39 is 0 Å². The van der Waals surface area contributed by atoms with Crippen LogP contribution >= 0.6 is 22.7 Å². The van der Waals surface area contributed by atoms with E-state index in [1.54, 1.807) is 11.3 Å². The van der Waals surface area contributed by atoms with Crippen molar-refractivity contribution in [3.63, 3.8) is 0 Å². The lowest BCUT2D eigenvalue weighted by Crippen LogP contribution is -2.16. The van der Waals surface area contributed by atoms with Gasteiger partial charge in [0, 0.05) is 33.2 Å². The van der Waals surface area contributed by atoms with Gasteiger partial charge in [0.15, 0.2) is 0 Å². The maximum atomic E-state index is 4.38. The van der Waals surface area contributed by atoms with Crippen LogP contribution in [0.1, 0.15) is 27.7 Å². The molecule has 0 aliphatic rings. The summed E-state index contributed by atoms with van der Waals surface area (Å²) in [5.41, 5.74) is 0. The third-order valence-electron chi connectivity index (χ3n) is 3.10. The van der Waals surface area contributed by atoms with Crippen LogP contribution in [0.4, 0.5) is 0 Å². The summed E-state index contributed by atoms with van der Waals surface area (Å²) in [6, 6.07) is 11.2. The van der Waals surface area contributed by atoms with Crippen LogP contribution in [0, 0.1) is 6.92 Å². The maximum absolute atomic E-state index is 4.38. The molecule has 1 N–H and O–H groups in total. The first-order valence-corrected chi connectivity index (χ1v) is 7.99. The van der Waals surface area contributed by atoms with Crippen LogP contribution in [-0.2, 0) is 6.54 Å². The zero-order valence-electron chi connectivity index (χ0n) is 11.0. The molecule has 0 bridgehead atoms. The van der Waals surface area contributed by atoms with Crippen LogP contribution < -0.4 is 5.32 Å². The molecule has 3 rings (SSSR count). The zero-order valence-corrected chi connectivity index (χ0v) is 12.6. The normalized spacial score (nSPS) is 12.9. The number of aryl methyl sites for hydroxylation is 1. The predicted octanol–water partition coefficient (Wildman–Crippen LogP) is 4.52. The van der Waals surface area contributed by atoms with Gasteiger partial charge in [-0.3, -0.25) is 0 Å². The first kappa shape index (κ1) is 12.8. The highest BCUT2D eigenvalue weighted by Gasteiger charge is 2.09. The number of nitrogens with one attached hydrogen (secondary N) is 1. The fourth-order valence-corrected chi connectivity index (χ4v) is 3.87. The molecule has 0 saturated heterocycles. The maximum Gasteiger partial charge on any atom is 0.107 e. The highest BCUT2D eigenvalue weighted by atomic mass is 32.1. The predicted molar refractivity (Wildman–Crippen MR) is 83.9 cm³/mol. The molecule has 1 atom stereocenters. The standard InChI is InChI=1S/C15H16N2S2/c1-10-8-17-15(18-10)9-16-11(2)14-7-12-5-3-4-6-13(12)19-14/h3-8,11,16H,9H2,1-2H3. The van der Waals surface area contributed by atoms with E-state index in [4.69, 9.17) is 0 Å². The van der Waals surface area contributed by atoms with Crippen LogP contribution in [0.25, 0.3) is 10.1 Å². The number of rotatable bonds is 4. The van der Waals surface area contributed by atoms with Crippen LogP contribution in [0.3, 0.4) is 0 Å². The smallest absolute Gasteiger partial charge is 0.107 e. The molecule has 0 spiro atoms. The van der Waals surface area contributed by atoms with Crippen LogP contribution in [0.2, 0.25) is 0 Å². The second-order valence-electron chi connectivity index (χ2n) is 4.65. The quantitative estimate of drug-likeness (QED) is 0.763. The molecule has 0 saturated carbocycles. The van der Waals surface area contributed by atoms with Crippen molar-refractivity contribution in [1.29, 1.82) is 0 Å². The van der Waals surface area contributed by atoms with Gasteiger partial charge in [0.05, 0.1) is 0 Å². The molecule has 0 aliphatic heterocycles. The minimum absolute atomic E-state index is 0.363. The average molecular weight is 288 g/mol. The van der Waals surface area contributed by atoms with E-state index in [-0.39, 0.29) is 0 Å². The van der Waals surface area contributed by atoms with Gasteiger partial charge < -0.3 is 5.32 Å². The van der Waals surface area contributed by atoms with Gasteiger partial charge in [-0.05, 0) is 31.4 Å². The summed E-state index contributed by atoms with van der Waals surface area (Å²) in [5, 5.41) is 6.04. The Hall–Kier alpha value is -1.23. The molecule has 2 heterocycles. The Morgan fingerprint density at radius 1 is 1.26 bits per heavy atom. The van der Waals surface area contributed by atoms with Crippen LogP contribution in [0.15, 0.2) is 36.5 Å². The number of hydrogen-bond donors (Lipinski definition) is 1. The fraction of sp³-hybridized carbons (Fsp3) is 0.267. The van der Waals surface area contributed by atoms with Crippen molar-refractivity contribution in [2.45, 2.75) is 26.4 Å². The highest BCUT2D eigenvalue weighted by molar-refractivity contribution is 7.19. The van der Waals surface area contributed by atoms with Gasteiger partial charge in [0.1, 0.15) is 5.01 Å². The molecule has 2 aromatic heterocycles. The highest BCUT2D eigenvalue weighted by Crippen LogP contribution is 2.29. The molecule has 2 nitrogen and oxygen atoms in total. The number of thiophene rings is 1. The molecule has 0 fully saturated rings. The molecule has 1 unspecified atom stereocenters. The van der Waals surface area contributed by atoms with Gasteiger partial charge in [0.25, 0.3) is 0 Å². The van der Waals surface area contributed by atoms with Gasteiger partial charge in [0.2, 0.25) is 0 Å².